The third-order valence-corrected chi connectivity index (χ3v) is 6.99. The van der Waals surface area contributed by atoms with E-state index in [4.69, 9.17) is 4.74 Å². The fourth-order valence-corrected chi connectivity index (χ4v) is 4.86. The summed E-state index contributed by atoms with van der Waals surface area (Å²) in [4.78, 5) is 16.8. The third-order valence-electron chi connectivity index (χ3n) is 6.99. The molecule has 35 heavy (non-hydrogen) atoms. The number of anilines is 2. The van der Waals surface area contributed by atoms with Crippen molar-refractivity contribution in [2.45, 2.75) is 57.9 Å². The van der Waals surface area contributed by atoms with Gasteiger partial charge in [-0.3, -0.25) is 4.79 Å². The number of benzene rings is 2. The number of ether oxygens (including phenoxy) is 1. The molecule has 1 aliphatic carbocycles. The Labute approximate surface area is 205 Å². The molecule has 1 N–H and O–H groups in total. The molecule has 8 heteroatoms. The Kier molecular flexibility index (Phi) is 7.89. The average molecular weight is 490 g/mol. The van der Waals surface area contributed by atoms with E-state index in [0.29, 0.717) is 31.5 Å². The van der Waals surface area contributed by atoms with Crippen molar-refractivity contribution in [1.29, 1.82) is 0 Å². The molecular weight excluding hydrogens is 455 g/mol. The quantitative estimate of drug-likeness (QED) is 0.589. The minimum absolute atomic E-state index is 0.00304. The number of nitrogens with one attached hydrogen (secondary N) is 1. The molecule has 1 heterocycles. The maximum Gasteiger partial charge on any atom is 0.418 e. The molecule has 4 rings (SSSR count). The molecule has 190 valence electrons. The topological polar surface area (TPSA) is 44.8 Å². The van der Waals surface area contributed by atoms with Gasteiger partial charge in [-0.1, -0.05) is 29.3 Å². The van der Waals surface area contributed by atoms with E-state index >= 15 is 0 Å². The van der Waals surface area contributed by atoms with Crippen LogP contribution in [0.5, 0.6) is 0 Å². The first-order chi connectivity index (χ1) is 16.7. The Balaban J connectivity index is 1.19. The number of hydrogen-bond donors (Lipinski definition) is 1. The lowest BCUT2D eigenvalue weighted by Crippen LogP contribution is -2.50. The lowest BCUT2D eigenvalue weighted by molar-refractivity contribution is -0.139. The summed E-state index contributed by atoms with van der Waals surface area (Å²) in [5.74, 6) is 0.00304. The number of carbonyl (C=O) groups is 1. The predicted octanol–water partition coefficient (Wildman–Crippen LogP) is 5.41. The molecule has 2 aliphatic rings. The second-order valence-electron chi connectivity index (χ2n) is 9.68. The van der Waals surface area contributed by atoms with Crippen LogP contribution in [-0.4, -0.2) is 55.7 Å². The van der Waals surface area contributed by atoms with Crippen molar-refractivity contribution in [3.8, 4) is 0 Å². The van der Waals surface area contributed by atoms with Crippen LogP contribution in [-0.2, 0) is 15.7 Å². The van der Waals surface area contributed by atoms with Crippen LogP contribution in [0.25, 0.3) is 0 Å². The highest BCUT2D eigenvalue weighted by atomic mass is 19.4. The van der Waals surface area contributed by atoms with Crippen LogP contribution >= 0.6 is 0 Å². The van der Waals surface area contributed by atoms with E-state index in [2.05, 4.69) is 41.4 Å². The Hall–Kier alpha value is -2.74. The van der Waals surface area contributed by atoms with Gasteiger partial charge in [0.2, 0.25) is 5.91 Å². The van der Waals surface area contributed by atoms with E-state index < -0.39 is 11.7 Å². The molecule has 0 atom stereocenters. The van der Waals surface area contributed by atoms with Gasteiger partial charge in [-0.15, -0.1) is 0 Å². The van der Waals surface area contributed by atoms with E-state index in [1.807, 2.05) is 4.90 Å². The first-order valence-corrected chi connectivity index (χ1v) is 12.3. The normalized spacial score (nSPS) is 21.2. The highest BCUT2D eigenvalue weighted by molar-refractivity contribution is 5.77. The molecule has 0 aromatic heterocycles. The molecule has 0 bridgehead atoms. The zero-order valence-electron chi connectivity index (χ0n) is 20.4. The molecule has 1 amide bonds. The van der Waals surface area contributed by atoms with Crippen LogP contribution < -0.4 is 10.2 Å². The standard InChI is InChI=1S/C27H34F3N3O2/c1-19-3-8-22(9-4-19)32-13-15-33(16-14-32)26(34)18-35-23-10-6-21(7-11-23)31-25-12-5-20(2)17-24(25)27(28,29)30/h3-5,8-9,12,17,21,23,31H,6-7,10-11,13-16,18H2,1-2H3. The summed E-state index contributed by atoms with van der Waals surface area (Å²) in [6.45, 7) is 6.72. The largest absolute Gasteiger partial charge is 0.418 e. The van der Waals surface area contributed by atoms with Crippen molar-refractivity contribution in [2.75, 3.05) is 43.0 Å². The lowest BCUT2D eigenvalue weighted by Gasteiger charge is -2.36. The number of carbonyl (C=O) groups excluding carboxylic acids is 1. The third kappa shape index (κ3) is 6.69. The fourth-order valence-electron chi connectivity index (χ4n) is 4.86. The molecule has 2 aromatic rings. The summed E-state index contributed by atoms with van der Waals surface area (Å²) in [5, 5.41) is 3.09. The van der Waals surface area contributed by atoms with Crippen molar-refractivity contribution in [3.05, 3.63) is 59.2 Å². The fraction of sp³-hybridized carbons (Fsp3) is 0.519. The Morgan fingerprint density at radius 1 is 0.943 bits per heavy atom. The predicted molar refractivity (Wildman–Crippen MR) is 132 cm³/mol. The second-order valence-corrected chi connectivity index (χ2v) is 9.68. The molecule has 2 aromatic carbocycles. The zero-order chi connectivity index (χ0) is 25.0. The first-order valence-electron chi connectivity index (χ1n) is 12.3. The van der Waals surface area contributed by atoms with Crippen LogP contribution in [0, 0.1) is 13.8 Å². The van der Waals surface area contributed by atoms with Gasteiger partial charge in [0.25, 0.3) is 0 Å². The van der Waals surface area contributed by atoms with Crippen LogP contribution in [0.4, 0.5) is 24.5 Å². The van der Waals surface area contributed by atoms with Crippen LogP contribution in [0.1, 0.15) is 42.4 Å². The van der Waals surface area contributed by atoms with Crippen molar-refractivity contribution in [2.24, 2.45) is 0 Å². The highest BCUT2D eigenvalue weighted by Gasteiger charge is 2.34. The smallest absolute Gasteiger partial charge is 0.382 e. The summed E-state index contributed by atoms with van der Waals surface area (Å²) in [6, 6.07) is 12.8. The zero-order valence-corrected chi connectivity index (χ0v) is 20.4. The van der Waals surface area contributed by atoms with Gasteiger partial charge in [0.1, 0.15) is 6.61 Å². The Morgan fingerprint density at radius 2 is 1.57 bits per heavy atom. The lowest BCUT2D eigenvalue weighted by atomic mass is 9.92. The number of halogens is 3. The van der Waals surface area contributed by atoms with E-state index in [9.17, 15) is 18.0 Å². The minimum atomic E-state index is -4.39. The van der Waals surface area contributed by atoms with Gasteiger partial charge < -0.3 is 19.9 Å². The molecule has 0 spiro atoms. The number of amides is 1. The summed E-state index contributed by atoms with van der Waals surface area (Å²) in [7, 11) is 0. The maximum atomic E-state index is 13.4. The van der Waals surface area contributed by atoms with Gasteiger partial charge in [0, 0.05) is 43.6 Å². The number of rotatable bonds is 6. The number of alkyl halides is 3. The minimum Gasteiger partial charge on any atom is -0.382 e. The van der Waals surface area contributed by atoms with Gasteiger partial charge in [0.05, 0.1) is 11.7 Å². The summed E-state index contributed by atoms with van der Waals surface area (Å²) in [5.41, 5.74) is 2.50. The molecule has 1 aliphatic heterocycles. The van der Waals surface area contributed by atoms with E-state index in [-0.39, 0.29) is 30.3 Å². The molecule has 0 radical (unpaired) electrons. The molecule has 1 saturated carbocycles. The molecular formula is C27H34F3N3O2. The van der Waals surface area contributed by atoms with Crippen molar-refractivity contribution in [1.82, 2.24) is 4.90 Å². The highest BCUT2D eigenvalue weighted by Crippen LogP contribution is 2.36. The number of hydrogen-bond acceptors (Lipinski definition) is 4. The van der Waals surface area contributed by atoms with Gasteiger partial charge in [0.15, 0.2) is 0 Å². The summed E-state index contributed by atoms with van der Waals surface area (Å²) < 4.78 is 46.1. The van der Waals surface area contributed by atoms with E-state index in [1.54, 1.807) is 13.0 Å². The van der Waals surface area contributed by atoms with Crippen molar-refractivity contribution in [3.63, 3.8) is 0 Å². The summed E-state index contributed by atoms with van der Waals surface area (Å²) >= 11 is 0. The average Bonchev–Trinajstić information content (AvgIpc) is 2.84. The Bertz CT molecular complexity index is 994. The van der Waals surface area contributed by atoms with Crippen LogP contribution in [0.2, 0.25) is 0 Å². The maximum absolute atomic E-state index is 13.4. The monoisotopic (exact) mass is 489 g/mol. The van der Waals surface area contributed by atoms with Crippen LogP contribution in [0.3, 0.4) is 0 Å². The first kappa shape index (κ1) is 25.4. The molecule has 0 unspecified atom stereocenters. The van der Waals surface area contributed by atoms with E-state index in [1.165, 1.54) is 23.4 Å². The SMILES string of the molecule is Cc1ccc(N2CCN(C(=O)COC3CCC(Nc4ccc(C)cc4C(F)(F)F)CC3)CC2)cc1. The van der Waals surface area contributed by atoms with Gasteiger partial charge in [-0.25, -0.2) is 0 Å². The van der Waals surface area contributed by atoms with Gasteiger partial charge in [-0.2, -0.15) is 13.2 Å². The van der Waals surface area contributed by atoms with Crippen LogP contribution in [0.15, 0.2) is 42.5 Å². The summed E-state index contributed by atoms with van der Waals surface area (Å²) in [6.07, 6.45) is -1.57. The molecule has 2 fully saturated rings. The van der Waals surface area contributed by atoms with Gasteiger partial charge >= 0.3 is 6.18 Å². The number of piperazine rings is 1. The van der Waals surface area contributed by atoms with Gasteiger partial charge in [-0.05, 0) is 63.8 Å². The van der Waals surface area contributed by atoms with E-state index in [0.717, 1.165) is 25.9 Å². The molecule has 1 saturated heterocycles. The van der Waals surface area contributed by atoms with Crippen molar-refractivity contribution >= 4 is 17.3 Å². The Morgan fingerprint density at radius 3 is 2.20 bits per heavy atom. The number of aryl methyl sites for hydroxylation is 2. The number of nitrogens with zero attached hydrogens (tertiary/aromatic N) is 2. The van der Waals surface area contributed by atoms with Crippen molar-refractivity contribution < 1.29 is 22.7 Å². The molecule has 5 nitrogen and oxygen atoms in total. The second kappa shape index (κ2) is 10.9.